The van der Waals surface area contributed by atoms with Crippen LogP contribution in [-0.4, -0.2) is 9.59 Å². The van der Waals surface area contributed by atoms with E-state index in [0.29, 0.717) is 6.42 Å². The topological polar surface area (TPSA) is 0 Å². The number of rotatable bonds is 4. The molecule has 4 heteroatoms. The van der Waals surface area contributed by atoms with E-state index in [0.717, 1.165) is 0 Å². The van der Waals surface area contributed by atoms with Gasteiger partial charge < -0.3 is 0 Å². The average molecular weight is 408 g/mol. The van der Waals surface area contributed by atoms with Crippen molar-refractivity contribution in [1.29, 1.82) is 0 Å². The van der Waals surface area contributed by atoms with Crippen LogP contribution in [0.4, 0.5) is 0 Å². The lowest BCUT2D eigenvalue weighted by Crippen LogP contribution is -2.27. The maximum Gasteiger partial charge on any atom is 0.194 e. The Morgan fingerprint density at radius 2 is 0.920 bits per heavy atom. The van der Waals surface area contributed by atoms with Gasteiger partial charge in [-0.1, -0.05) is 132 Å². The molecule has 128 valence electrons. The molecule has 0 bridgehead atoms. The van der Waals surface area contributed by atoms with E-state index in [-0.39, 0.29) is 0 Å². The van der Waals surface area contributed by atoms with Gasteiger partial charge in [0.05, 0.1) is 0 Å². The molecule has 0 nitrogen and oxygen atoms in total. The highest BCUT2D eigenvalue weighted by Gasteiger charge is 2.27. The Bertz CT molecular complexity index is 750. The van der Waals surface area contributed by atoms with Crippen LogP contribution < -0.4 is 15.9 Å². The summed E-state index contributed by atoms with van der Waals surface area (Å²) in [5.74, 6) is 2.22. The molecule has 0 unspecified atom stereocenters. The first kappa shape index (κ1) is 18.6. The van der Waals surface area contributed by atoms with Crippen molar-refractivity contribution >= 4 is 63.4 Å². The van der Waals surface area contributed by atoms with Gasteiger partial charge >= 0.3 is 0 Å². The monoisotopic (exact) mass is 406 g/mol. The predicted molar refractivity (Wildman–Crippen MR) is 116 cm³/mol. The fourth-order valence-electron chi connectivity index (χ4n) is 2.99. The molecule has 0 aliphatic carbocycles. The van der Waals surface area contributed by atoms with Crippen LogP contribution >= 0.6 is 41.7 Å². The van der Waals surface area contributed by atoms with Gasteiger partial charge in [0.1, 0.15) is 0 Å². The molecule has 0 saturated carbocycles. The number of hydrogen-bond donors (Lipinski definition) is 0. The third kappa shape index (κ3) is 4.33. The van der Waals surface area contributed by atoms with Crippen LogP contribution in [-0.2, 0) is 0 Å². The molecular formula is C21H18Cl3P. The highest BCUT2D eigenvalue weighted by Crippen LogP contribution is 2.45. The first-order chi connectivity index (χ1) is 12.0. The van der Waals surface area contributed by atoms with Crippen LogP contribution in [0.1, 0.15) is 6.42 Å². The molecular weight excluding hydrogens is 390 g/mol. The van der Waals surface area contributed by atoms with Gasteiger partial charge in [-0.05, 0) is 22.8 Å². The van der Waals surface area contributed by atoms with E-state index in [1.165, 1.54) is 15.9 Å². The Morgan fingerprint density at radius 3 is 1.20 bits per heavy atom. The van der Waals surface area contributed by atoms with Crippen LogP contribution in [0.3, 0.4) is 0 Å². The molecule has 3 aromatic rings. The number of benzene rings is 3. The fourth-order valence-corrected chi connectivity index (χ4v) is 7.55. The first-order valence-electron chi connectivity index (χ1n) is 7.99. The van der Waals surface area contributed by atoms with Gasteiger partial charge in [-0.25, -0.2) is 0 Å². The summed E-state index contributed by atoms with van der Waals surface area (Å²) in [6.45, 7) is -2.03. The molecule has 3 rings (SSSR count). The summed E-state index contributed by atoms with van der Waals surface area (Å²) >= 11 is 18.4. The molecule has 0 aliphatic rings. The minimum atomic E-state index is -2.03. The normalized spacial score (nSPS) is 12.0. The summed E-state index contributed by atoms with van der Waals surface area (Å²) in [6, 6.07) is 31.5. The zero-order valence-corrected chi connectivity index (χ0v) is 16.7. The van der Waals surface area contributed by atoms with Crippen molar-refractivity contribution in [2.45, 2.75) is 10.2 Å². The van der Waals surface area contributed by atoms with Crippen molar-refractivity contribution in [2.75, 3.05) is 0 Å². The minimum Gasteiger partial charge on any atom is -0.0833 e. The van der Waals surface area contributed by atoms with E-state index in [9.17, 15) is 0 Å². The van der Waals surface area contributed by atoms with Crippen molar-refractivity contribution in [1.82, 2.24) is 0 Å². The van der Waals surface area contributed by atoms with Gasteiger partial charge in [0, 0.05) is 6.42 Å². The number of alkyl halides is 3. The van der Waals surface area contributed by atoms with E-state index in [1.54, 1.807) is 0 Å². The Hall–Kier alpha value is -1.17. The van der Waals surface area contributed by atoms with Crippen LogP contribution in [0.5, 0.6) is 0 Å². The molecule has 0 radical (unpaired) electrons. The summed E-state index contributed by atoms with van der Waals surface area (Å²) in [7, 11) is 0. The summed E-state index contributed by atoms with van der Waals surface area (Å²) in [6.07, 6.45) is 0.379. The standard InChI is InChI=1S/C21H18Cl3P/c22-21(23,24)16-17-25(18-10-4-1-5-11-18,19-12-6-2-7-13-19)20-14-8-3-9-15-20/h1-15,17H,16H2. The summed E-state index contributed by atoms with van der Waals surface area (Å²) in [5, 5.41) is 3.75. The van der Waals surface area contributed by atoms with Gasteiger partial charge in [0.25, 0.3) is 0 Å². The molecule has 0 N–H and O–H groups in total. The highest BCUT2D eigenvalue weighted by atomic mass is 35.6. The lowest BCUT2D eigenvalue weighted by Gasteiger charge is -2.29. The SMILES string of the molecule is ClC(Cl)(Cl)CC=P(c1ccccc1)(c1ccccc1)c1ccccc1. The average Bonchev–Trinajstić information content (AvgIpc) is 2.64. The predicted octanol–water partition coefficient (Wildman–Crippen LogP) is 5.54. The molecule has 0 heterocycles. The molecule has 0 aromatic heterocycles. The number of halogens is 3. The van der Waals surface area contributed by atoms with Gasteiger partial charge in [-0.3, -0.25) is 0 Å². The van der Waals surface area contributed by atoms with Crippen molar-refractivity contribution in [3.63, 3.8) is 0 Å². The summed E-state index contributed by atoms with van der Waals surface area (Å²) < 4.78 is -1.32. The van der Waals surface area contributed by atoms with Crippen LogP contribution in [0.25, 0.3) is 0 Å². The Balaban J connectivity index is 2.36. The van der Waals surface area contributed by atoms with Crippen LogP contribution in [0.2, 0.25) is 0 Å². The minimum absolute atomic E-state index is 0.379. The van der Waals surface area contributed by atoms with E-state index in [1.807, 2.05) is 18.2 Å². The van der Waals surface area contributed by atoms with Crippen molar-refractivity contribution in [3.05, 3.63) is 91.0 Å². The van der Waals surface area contributed by atoms with E-state index in [2.05, 4.69) is 78.6 Å². The quantitative estimate of drug-likeness (QED) is 0.393. The molecule has 0 spiro atoms. The van der Waals surface area contributed by atoms with E-state index >= 15 is 0 Å². The second kappa shape index (κ2) is 8.02. The van der Waals surface area contributed by atoms with Crippen molar-refractivity contribution < 1.29 is 0 Å². The maximum atomic E-state index is 6.12. The Morgan fingerprint density at radius 1 is 0.600 bits per heavy atom. The fraction of sp³-hybridized carbons (Fsp3) is 0.0952. The highest BCUT2D eigenvalue weighted by molar-refractivity contribution is 7.94. The molecule has 0 fully saturated rings. The van der Waals surface area contributed by atoms with Crippen molar-refractivity contribution in [3.8, 4) is 0 Å². The lowest BCUT2D eigenvalue weighted by molar-refractivity contribution is 1.16. The van der Waals surface area contributed by atoms with Gasteiger partial charge in [0.15, 0.2) is 3.79 Å². The van der Waals surface area contributed by atoms with Crippen LogP contribution in [0, 0.1) is 0 Å². The second-order valence-electron chi connectivity index (χ2n) is 5.73. The Labute approximate surface area is 164 Å². The molecule has 3 aromatic carbocycles. The van der Waals surface area contributed by atoms with Gasteiger partial charge in [0.2, 0.25) is 0 Å². The summed E-state index contributed by atoms with van der Waals surface area (Å²) in [5.41, 5.74) is 0. The summed E-state index contributed by atoms with van der Waals surface area (Å²) in [4.78, 5) is 0. The maximum absolute atomic E-state index is 6.12. The first-order valence-corrected chi connectivity index (χ1v) is 11.0. The smallest absolute Gasteiger partial charge is 0.0833 e. The molecule has 0 aliphatic heterocycles. The Kier molecular flexibility index (Phi) is 5.97. The van der Waals surface area contributed by atoms with Gasteiger partial charge in [-0.15, -0.1) is 0 Å². The molecule has 0 amide bonds. The van der Waals surface area contributed by atoms with Crippen molar-refractivity contribution in [2.24, 2.45) is 0 Å². The zero-order chi connectivity index (χ0) is 17.8. The zero-order valence-electron chi connectivity index (χ0n) is 13.5. The molecule has 0 saturated heterocycles. The third-order valence-electron chi connectivity index (χ3n) is 4.09. The second-order valence-corrected chi connectivity index (χ2v) is 11.6. The number of hydrogen-bond acceptors (Lipinski definition) is 0. The van der Waals surface area contributed by atoms with Crippen LogP contribution in [0.15, 0.2) is 91.0 Å². The van der Waals surface area contributed by atoms with E-state index in [4.69, 9.17) is 34.8 Å². The largest absolute Gasteiger partial charge is 0.194 e. The third-order valence-corrected chi connectivity index (χ3v) is 8.62. The van der Waals surface area contributed by atoms with Gasteiger partial charge in [-0.2, -0.15) is 0 Å². The molecule has 25 heavy (non-hydrogen) atoms. The molecule has 0 atom stereocenters. The lowest BCUT2D eigenvalue weighted by atomic mass is 10.4. The van der Waals surface area contributed by atoms with E-state index < -0.39 is 10.7 Å².